The van der Waals surface area contributed by atoms with Crippen molar-refractivity contribution < 1.29 is 18.3 Å². The zero-order chi connectivity index (χ0) is 20.6. The Morgan fingerprint density at radius 1 is 1.23 bits per heavy atom. The first-order valence-corrected chi connectivity index (χ1v) is 10.4. The van der Waals surface area contributed by atoms with Gasteiger partial charge in [-0.2, -0.15) is 8.78 Å². The van der Waals surface area contributed by atoms with Gasteiger partial charge >= 0.3 is 6.61 Å². The maximum absolute atomic E-state index is 12.6. The molecular formula is C21H33F2IN4O2. The number of halogens is 3. The van der Waals surface area contributed by atoms with Crippen molar-refractivity contribution >= 4 is 29.9 Å². The average Bonchev–Trinajstić information content (AvgIpc) is 3.38. The summed E-state index contributed by atoms with van der Waals surface area (Å²) in [4.78, 5) is 6.93. The molecule has 1 saturated heterocycles. The van der Waals surface area contributed by atoms with Crippen LogP contribution in [0.2, 0.25) is 0 Å². The molecule has 1 atom stereocenters. The van der Waals surface area contributed by atoms with Crippen LogP contribution in [0, 0.1) is 0 Å². The normalized spacial score (nSPS) is 20.3. The van der Waals surface area contributed by atoms with Gasteiger partial charge in [0.1, 0.15) is 0 Å². The van der Waals surface area contributed by atoms with Crippen LogP contribution in [0.25, 0.3) is 0 Å². The van der Waals surface area contributed by atoms with Crippen molar-refractivity contribution in [1.29, 1.82) is 0 Å². The number of benzene rings is 1. The second-order valence-corrected chi connectivity index (χ2v) is 7.68. The van der Waals surface area contributed by atoms with E-state index in [4.69, 9.17) is 4.74 Å². The molecule has 0 aromatic heterocycles. The molecule has 1 aliphatic carbocycles. The fourth-order valence-corrected chi connectivity index (χ4v) is 4.28. The second-order valence-electron chi connectivity index (χ2n) is 7.68. The van der Waals surface area contributed by atoms with E-state index in [2.05, 4.69) is 25.3 Å². The first-order valence-electron chi connectivity index (χ1n) is 10.4. The molecule has 0 amide bonds. The summed E-state index contributed by atoms with van der Waals surface area (Å²) in [5.41, 5.74) is 0.887. The standard InChI is InChI=1S/C21H32F2N4O2.HI/c1-24-21(26-16-10-12-27(14-16)17-5-3-4-6-17)25-11-9-15-7-8-18(28-2)19(13-15)29-20(22)23;/h7-8,13,16-17,20H,3-6,9-12,14H2,1-2H3,(H2,24,25,26);1H. The Hall–Kier alpha value is -1.36. The van der Waals surface area contributed by atoms with E-state index in [1.54, 1.807) is 19.2 Å². The molecule has 2 N–H and O–H groups in total. The van der Waals surface area contributed by atoms with Crippen molar-refractivity contribution in [1.82, 2.24) is 15.5 Å². The summed E-state index contributed by atoms with van der Waals surface area (Å²) in [5, 5.41) is 6.83. The molecule has 3 rings (SSSR count). The minimum absolute atomic E-state index is 0. The maximum Gasteiger partial charge on any atom is 0.387 e. The van der Waals surface area contributed by atoms with Gasteiger partial charge in [0.25, 0.3) is 0 Å². The number of hydrogen-bond acceptors (Lipinski definition) is 4. The molecule has 1 aromatic carbocycles. The highest BCUT2D eigenvalue weighted by molar-refractivity contribution is 14.0. The third-order valence-corrected chi connectivity index (χ3v) is 5.78. The van der Waals surface area contributed by atoms with Gasteiger partial charge in [-0.1, -0.05) is 18.9 Å². The first kappa shape index (κ1) is 24.9. The zero-order valence-corrected chi connectivity index (χ0v) is 20.0. The summed E-state index contributed by atoms with van der Waals surface area (Å²) in [5.74, 6) is 1.13. The van der Waals surface area contributed by atoms with Crippen LogP contribution in [0.5, 0.6) is 11.5 Å². The van der Waals surface area contributed by atoms with E-state index in [1.165, 1.54) is 32.8 Å². The van der Waals surface area contributed by atoms with Gasteiger partial charge in [-0.05, 0) is 43.4 Å². The highest BCUT2D eigenvalue weighted by Crippen LogP contribution is 2.29. The number of aliphatic imine (C=N–C) groups is 1. The lowest BCUT2D eigenvalue weighted by Gasteiger charge is -2.24. The minimum atomic E-state index is -2.88. The first-order chi connectivity index (χ1) is 14.1. The van der Waals surface area contributed by atoms with Crippen LogP contribution in [0.4, 0.5) is 8.78 Å². The number of guanidine groups is 1. The number of methoxy groups -OCH3 is 1. The molecule has 30 heavy (non-hydrogen) atoms. The highest BCUT2D eigenvalue weighted by Gasteiger charge is 2.30. The van der Waals surface area contributed by atoms with Crippen LogP contribution < -0.4 is 20.1 Å². The molecule has 2 fully saturated rings. The SMILES string of the molecule is CN=C(NCCc1ccc(OC)c(OC(F)F)c1)NC1CCN(C2CCCC2)C1.I. The van der Waals surface area contributed by atoms with E-state index >= 15 is 0 Å². The number of ether oxygens (including phenoxy) is 2. The monoisotopic (exact) mass is 538 g/mol. The van der Waals surface area contributed by atoms with Crippen molar-refractivity contribution in [2.75, 3.05) is 33.8 Å². The summed E-state index contributed by atoms with van der Waals surface area (Å²) in [7, 11) is 3.20. The van der Waals surface area contributed by atoms with E-state index in [0.717, 1.165) is 37.1 Å². The molecule has 9 heteroatoms. The molecule has 1 saturated carbocycles. The molecular weight excluding hydrogens is 505 g/mol. The lowest BCUT2D eigenvalue weighted by Crippen LogP contribution is -2.45. The van der Waals surface area contributed by atoms with Crippen LogP contribution >= 0.6 is 24.0 Å². The Labute approximate surface area is 194 Å². The summed E-state index contributed by atoms with van der Waals surface area (Å²) >= 11 is 0. The molecule has 0 bridgehead atoms. The number of nitrogens with zero attached hydrogens (tertiary/aromatic N) is 2. The van der Waals surface area contributed by atoms with E-state index < -0.39 is 6.61 Å². The van der Waals surface area contributed by atoms with Crippen molar-refractivity contribution in [2.45, 2.75) is 57.2 Å². The van der Waals surface area contributed by atoms with Gasteiger partial charge in [-0.15, -0.1) is 24.0 Å². The number of alkyl halides is 2. The lowest BCUT2D eigenvalue weighted by atomic mass is 10.1. The zero-order valence-electron chi connectivity index (χ0n) is 17.7. The van der Waals surface area contributed by atoms with Crippen molar-refractivity contribution in [3.8, 4) is 11.5 Å². The van der Waals surface area contributed by atoms with Crippen LogP contribution in [-0.4, -0.2) is 63.3 Å². The molecule has 1 heterocycles. The third kappa shape index (κ3) is 7.11. The van der Waals surface area contributed by atoms with Crippen molar-refractivity contribution in [3.63, 3.8) is 0 Å². The summed E-state index contributed by atoms with van der Waals surface area (Å²) in [6.45, 7) is -0.0226. The number of rotatable bonds is 8. The van der Waals surface area contributed by atoms with E-state index in [0.29, 0.717) is 24.8 Å². The fourth-order valence-electron chi connectivity index (χ4n) is 4.28. The molecule has 6 nitrogen and oxygen atoms in total. The van der Waals surface area contributed by atoms with Gasteiger partial charge < -0.3 is 20.1 Å². The predicted molar refractivity (Wildman–Crippen MR) is 125 cm³/mol. The number of nitrogens with one attached hydrogen (secondary N) is 2. The Morgan fingerprint density at radius 3 is 2.67 bits per heavy atom. The predicted octanol–water partition coefficient (Wildman–Crippen LogP) is 3.64. The third-order valence-electron chi connectivity index (χ3n) is 5.78. The van der Waals surface area contributed by atoms with E-state index in [-0.39, 0.29) is 29.7 Å². The second kappa shape index (κ2) is 12.5. The molecule has 170 valence electrons. The number of likely N-dealkylation sites (tertiary alicyclic amines) is 1. The molecule has 1 aromatic rings. The summed E-state index contributed by atoms with van der Waals surface area (Å²) < 4.78 is 34.8. The summed E-state index contributed by atoms with van der Waals surface area (Å²) in [6, 6.07) is 6.27. The average molecular weight is 538 g/mol. The number of hydrogen-bond donors (Lipinski definition) is 2. The van der Waals surface area contributed by atoms with Crippen molar-refractivity contribution in [3.05, 3.63) is 23.8 Å². The topological polar surface area (TPSA) is 58.1 Å². The molecule has 0 radical (unpaired) electrons. The molecule has 0 spiro atoms. The van der Waals surface area contributed by atoms with Crippen LogP contribution in [-0.2, 0) is 6.42 Å². The van der Waals surface area contributed by atoms with E-state index in [1.807, 2.05) is 6.07 Å². The van der Waals surface area contributed by atoms with Gasteiger partial charge in [-0.3, -0.25) is 9.89 Å². The van der Waals surface area contributed by atoms with Gasteiger partial charge in [-0.25, -0.2) is 0 Å². The molecule has 1 aliphatic heterocycles. The Kier molecular flexibility index (Phi) is 10.4. The van der Waals surface area contributed by atoms with Crippen LogP contribution in [0.15, 0.2) is 23.2 Å². The fraction of sp³-hybridized carbons (Fsp3) is 0.667. The Balaban J connectivity index is 0.00000320. The van der Waals surface area contributed by atoms with Gasteiger partial charge in [0, 0.05) is 38.8 Å². The minimum Gasteiger partial charge on any atom is -0.493 e. The quantitative estimate of drug-likeness (QED) is 0.301. The van der Waals surface area contributed by atoms with Gasteiger partial charge in [0.05, 0.1) is 7.11 Å². The molecule has 1 unspecified atom stereocenters. The van der Waals surface area contributed by atoms with Crippen molar-refractivity contribution in [2.24, 2.45) is 4.99 Å². The molecule has 2 aliphatic rings. The van der Waals surface area contributed by atoms with Gasteiger partial charge in [0.15, 0.2) is 17.5 Å². The Morgan fingerprint density at radius 2 is 2.00 bits per heavy atom. The lowest BCUT2D eigenvalue weighted by molar-refractivity contribution is -0.0512. The maximum atomic E-state index is 12.6. The summed E-state index contributed by atoms with van der Waals surface area (Å²) in [6.07, 6.45) is 7.17. The van der Waals surface area contributed by atoms with Gasteiger partial charge in [0.2, 0.25) is 0 Å². The largest absolute Gasteiger partial charge is 0.493 e. The Bertz CT molecular complexity index is 687. The highest BCUT2D eigenvalue weighted by atomic mass is 127. The van der Waals surface area contributed by atoms with Crippen LogP contribution in [0.1, 0.15) is 37.7 Å². The van der Waals surface area contributed by atoms with Crippen LogP contribution in [0.3, 0.4) is 0 Å². The van der Waals surface area contributed by atoms with E-state index in [9.17, 15) is 8.78 Å². The smallest absolute Gasteiger partial charge is 0.387 e.